The van der Waals surface area contributed by atoms with Crippen LogP contribution in [0, 0.1) is 0 Å². The summed E-state index contributed by atoms with van der Waals surface area (Å²) in [6.07, 6.45) is 25.4. The Kier molecular flexibility index (Phi) is 23.9. The van der Waals surface area contributed by atoms with Crippen LogP contribution in [0.2, 0.25) is 0 Å². The number of ether oxygens (including phenoxy) is 2. The second-order valence-electron chi connectivity index (χ2n) is 8.71. The molecule has 4 heteroatoms. The van der Waals surface area contributed by atoms with Gasteiger partial charge in [-0.25, -0.2) is 4.79 Å². The van der Waals surface area contributed by atoms with Crippen molar-refractivity contribution in [1.82, 2.24) is 0 Å². The van der Waals surface area contributed by atoms with Gasteiger partial charge in [-0.2, -0.15) is 0 Å². The Morgan fingerprint density at radius 2 is 0.968 bits per heavy atom. The molecule has 0 aliphatic rings. The van der Waals surface area contributed by atoms with Gasteiger partial charge in [-0.3, -0.25) is 4.79 Å². The van der Waals surface area contributed by atoms with Gasteiger partial charge in [0.25, 0.3) is 0 Å². The highest BCUT2D eigenvalue weighted by Crippen LogP contribution is 2.14. The molecule has 0 bridgehead atoms. The SMILES string of the molecule is C=CC(=O)OCCCCCCOC(=O)CCCCCCCCCCCCCCCCC. The summed E-state index contributed by atoms with van der Waals surface area (Å²) in [6, 6.07) is 0. The minimum absolute atomic E-state index is 0.0605. The normalized spacial score (nSPS) is 10.7. The zero-order valence-corrected chi connectivity index (χ0v) is 20.5. The summed E-state index contributed by atoms with van der Waals surface area (Å²) in [5.74, 6) is -0.428. The zero-order valence-electron chi connectivity index (χ0n) is 20.5. The summed E-state index contributed by atoms with van der Waals surface area (Å²) < 4.78 is 10.2. The maximum atomic E-state index is 11.7. The summed E-state index contributed by atoms with van der Waals surface area (Å²) in [5, 5.41) is 0. The molecule has 31 heavy (non-hydrogen) atoms. The van der Waals surface area contributed by atoms with E-state index in [-0.39, 0.29) is 11.9 Å². The third kappa shape index (κ3) is 24.8. The predicted octanol–water partition coefficient (Wildman–Crippen LogP) is 8.08. The lowest BCUT2D eigenvalue weighted by molar-refractivity contribution is -0.144. The van der Waals surface area contributed by atoms with Gasteiger partial charge in [0.2, 0.25) is 0 Å². The van der Waals surface area contributed by atoms with Crippen molar-refractivity contribution < 1.29 is 19.1 Å². The third-order valence-electron chi connectivity index (χ3n) is 5.70. The van der Waals surface area contributed by atoms with Crippen molar-refractivity contribution in [3.05, 3.63) is 12.7 Å². The predicted molar refractivity (Wildman–Crippen MR) is 130 cm³/mol. The molecule has 0 unspecified atom stereocenters. The van der Waals surface area contributed by atoms with Gasteiger partial charge in [0.1, 0.15) is 0 Å². The number of esters is 2. The number of hydrogen-bond acceptors (Lipinski definition) is 4. The first-order valence-electron chi connectivity index (χ1n) is 13.2. The second kappa shape index (κ2) is 24.9. The van der Waals surface area contributed by atoms with E-state index in [0.29, 0.717) is 19.6 Å². The van der Waals surface area contributed by atoms with Crippen LogP contribution in [0.3, 0.4) is 0 Å². The van der Waals surface area contributed by atoms with Crippen LogP contribution in [-0.2, 0) is 19.1 Å². The van der Waals surface area contributed by atoms with E-state index in [4.69, 9.17) is 9.47 Å². The lowest BCUT2D eigenvalue weighted by atomic mass is 10.0. The quantitative estimate of drug-likeness (QED) is 0.0868. The molecule has 182 valence electrons. The van der Waals surface area contributed by atoms with Gasteiger partial charge in [-0.1, -0.05) is 103 Å². The number of rotatable bonds is 24. The van der Waals surface area contributed by atoms with Gasteiger partial charge < -0.3 is 9.47 Å². The fourth-order valence-electron chi connectivity index (χ4n) is 3.69. The highest BCUT2D eigenvalue weighted by molar-refractivity contribution is 5.81. The van der Waals surface area contributed by atoms with E-state index in [2.05, 4.69) is 13.5 Å². The Hall–Kier alpha value is -1.32. The number of carbonyl (C=O) groups excluding carboxylic acids is 2. The van der Waals surface area contributed by atoms with Crippen LogP contribution in [0.25, 0.3) is 0 Å². The standard InChI is InChI=1S/C27H50O4/c1-3-5-6-7-8-9-10-11-12-13-14-15-16-17-20-23-27(29)31-25-22-19-18-21-24-30-26(28)4-2/h4H,2-3,5-25H2,1H3. The highest BCUT2D eigenvalue weighted by atomic mass is 16.5. The fourth-order valence-corrected chi connectivity index (χ4v) is 3.69. The summed E-state index contributed by atoms with van der Waals surface area (Å²) in [4.78, 5) is 22.6. The molecule has 0 aliphatic carbocycles. The van der Waals surface area contributed by atoms with Gasteiger partial charge in [0.15, 0.2) is 0 Å². The molecule has 0 aliphatic heterocycles. The molecule has 0 aromatic carbocycles. The van der Waals surface area contributed by atoms with Crippen molar-refractivity contribution >= 4 is 11.9 Å². The molecule has 0 aromatic rings. The fraction of sp³-hybridized carbons (Fsp3) is 0.852. The second-order valence-corrected chi connectivity index (χ2v) is 8.71. The number of unbranched alkanes of at least 4 members (excludes halogenated alkanes) is 17. The number of carbonyl (C=O) groups is 2. The van der Waals surface area contributed by atoms with E-state index in [0.717, 1.165) is 38.5 Å². The molecule has 0 amide bonds. The molecule has 0 saturated carbocycles. The van der Waals surface area contributed by atoms with Crippen LogP contribution in [0.4, 0.5) is 0 Å². The van der Waals surface area contributed by atoms with Crippen molar-refractivity contribution in [1.29, 1.82) is 0 Å². The zero-order chi connectivity index (χ0) is 22.8. The Morgan fingerprint density at radius 1 is 0.581 bits per heavy atom. The van der Waals surface area contributed by atoms with Crippen molar-refractivity contribution in [2.75, 3.05) is 13.2 Å². The van der Waals surface area contributed by atoms with E-state index < -0.39 is 0 Å². The van der Waals surface area contributed by atoms with Gasteiger partial charge in [0.05, 0.1) is 13.2 Å². The molecular formula is C27H50O4. The summed E-state index contributed by atoms with van der Waals surface area (Å²) in [6.45, 7) is 6.57. The van der Waals surface area contributed by atoms with Crippen LogP contribution in [0.1, 0.15) is 135 Å². The largest absolute Gasteiger partial charge is 0.466 e. The maximum Gasteiger partial charge on any atom is 0.330 e. The molecule has 0 N–H and O–H groups in total. The molecule has 0 fully saturated rings. The molecule has 0 rings (SSSR count). The van der Waals surface area contributed by atoms with E-state index in [9.17, 15) is 9.59 Å². The first-order chi connectivity index (χ1) is 15.2. The highest BCUT2D eigenvalue weighted by Gasteiger charge is 2.03. The van der Waals surface area contributed by atoms with Crippen molar-refractivity contribution in [3.63, 3.8) is 0 Å². The van der Waals surface area contributed by atoms with Gasteiger partial charge >= 0.3 is 11.9 Å². The Morgan fingerprint density at radius 3 is 1.42 bits per heavy atom. The molecule has 0 radical (unpaired) electrons. The van der Waals surface area contributed by atoms with E-state index >= 15 is 0 Å². The first-order valence-corrected chi connectivity index (χ1v) is 13.2. The van der Waals surface area contributed by atoms with E-state index in [1.165, 1.54) is 89.5 Å². The summed E-state index contributed by atoms with van der Waals surface area (Å²) in [5.41, 5.74) is 0. The molecular weight excluding hydrogens is 388 g/mol. The average Bonchev–Trinajstić information content (AvgIpc) is 2.77. The van der Waals surface area contributed by atoms with Crippen LogP contribution in [0.5, 0.6) is 0 Å². The Bertz CT molecular complexity index is 419. The topological polar surface area (TPSA) is 52.6 Å². The minimum atomic E-state index is -0.368. The molecule has 0 heterocycles. The van der Waals surface area contributed by atoms with Crippen molar-refractivity contribution in [2.24, 2.45) is 0 Å². The Balaban J connectivity index is 3.18. The smallest absolute Gasteiger partial charge is 0.330 e. The summed E-state index contributed by atoms with van der Waals surface area (Å²) >= 11 is 0. The van der Waals surface area contributed by atoms with Crippen molar-refractivity contribution in [3.8, 4) is 0 Å². The third-order valence-corrected chi connectivity index (χ3v) is 5.70. The lowest BCUT2D eigenvalue weighted by Crippen LogP contribution is -2.06. The first kappa shape index (κ1) is 29.7. The molecule has 0 atom stereocenters. The van der Waals surface area contributed by atoms with Crippen LogP contribution in [0.15, 0.2) is 12.7 Å². The molecule has 4 nitrogen and oxygen atoms in total. The van der Waals surface area contributed by atoms with Gasteiger partial charge in [-0.05, 0) is 32.1 Å². The lowest BCUT2D eigenvalue weighted by Gasteiger charge is -2.06. The van der Waals surface area contributed by atoms with Crippen molar-refractivity contribution in [2.45, 2.75) is 135 Å². The number of hydrogen-bond donors (Lipinski definition) is 0. The maximum absolute atomic E-state index is 11.7. The molecule has 0 aromatic heterocycles. The molecule has 0 saturated heterocycles. The average molecular weight is 439 g/mol. The van der Waals surface area contributed by atoms with Crippen LogP contribution in [-0.4, -0.2) is 25.2 Å². The van der Waals surface area contributed by atoms with Gasteiger partial charge in [-0.15, -0.1) is 0 Å². The van der Waals surface area contributed by atoms with Crippen LogP contribution < -0.4 is 0 Å². The minimum Gasteiger partial charge on any atom is -0.466 e. The summed E-state index contributed by atoms with van der Waals surface area (Å²) in [7, 11) is 0. The monoisotopic (exact) mass is 438 g/mol. The van der Waals surface area contributed by atoms with Crippen LogP contribution >= 0.6 is 0 Å². The Labute approximate surface area is 192 Å². The molecule has 0 spiro atoms. The van der Waals surface area contributed by atoms with Gasteiger partial charge in [0, 0.05) is 12.5 Å². The van der Waals surface area contributed by atoms with E-state index in [1.54, 1.807) is 0 Å². The van der Waals surface area contributed by atoms with E-state index in [1.807, 2.05) is 0 Å².